The van der Waals surface area contributed by atoms with Crippen LogP contribution in [0.4, 0.5) is 0 Å². The lowest BCUT2D eigenvalue weighted by Crippen LogP contribution is -2.52. The van der Waals surface area contributed by atoms with E-state index in [1.54, 1.807) is 0 Å². The molecule has 0 heterocycles. The number of allylic oxidation sites excluding steroid dienone is 1. The average molecular weight is 449 g/mol. The molecule has 4 aliphatic rings. The SMILES string of the molecule is COC(=O)c1ccccc1/C=C/CCC1CCC2C3CCC4CCCCC4(C)C3CCC12C. The minimum atomic E-state index is -0.250. The number of fused-ring (bicyclic) bond motifs is 5. The van der Waals surface area contributed by atoms with Crippen molar-refractivity contribution in [1.82, 2.24) is 0 Å². The molecule has 0 amide bonds. The van der Waals surface area contributed by atoms with Gasteiger partial charge in [-0.1, -0.05) is 57.0 Å². The van der Waals surface area contributed by atoms with E-state index in [2.05, 4.69) is 26.0 Å². The van der Waals surface area contributed by atoms with E-state index < -0.39 is 0 Å². The van der Waals surface area contributed by atoms with E-state index in [1.807, 2.05) is 24.3 Å². The summed E-state index contributed by atoms with van der Waals surface area (Å²) in [5.41, 5.74) is 2.83. The Bertz CT molecular complexity index is 887. The van der Waals surface area contributed by atoms with Crippen molar-refractivity contribution in [3.8, 4) is 0 Å². The van der Waals surface area contributed by atoms with Gasteiger partial charge in [0.2, 0.25) is 0 Å². The van der Waals surface area contributed by atoms with Gasteiger partial charge in [0.15, 0.2) is 0 Å². The molecule has 2 nitrogen and oxygen atoms in total. The summed E-state index contributed by atoms with van der Waals surface area (Å²) in [5.74, 6) is 4.59. The van der Waals surface area contributed by atoms with Crippen LogP contribution in [0.3, 0.4) is 0 Å². The average Bonchev–Trinajstić information content (AvgIpc) is 3.17. The zero-order chi connectivity index (χ0) is 23.1. The van der Waals surface area contributed by atoms with E-state index in [0.717, 1.165) is 41.6 Å². The van der Waals surface area contributed by atoms with Gasteiger partial charge in [-0.25, -0.2) is 4.79 Å². The third-order valence-corrected chi connectivity index (χ3v) is 11.1. The van der Waals surface area contributed by atoms with Gasteiger partial charge >= 0.3 is 5.97 Å². The maximum absolute atomic E-state index is 12.0. The molecule has 0 N–H and O–H groups in total. The van der Waals surface area contributed by atoms with Crippen LogP contribution in [-0.2, 0) is 4.74 Å². The van der Waals surface area contributed by atoms with Crippen molar-refractivity contribution in [3.63, 3.8) is 0 Å². The Morgan fingerprint density at radius 3 is 2.64 bits per heavy atom. The van der Waals surface area contributed by atoms with Gasteiger partial charge in [0.25, 0.3) is 0 Å². The zero-order valence-corrected chi connectivity index (χ0v) is 21.2. The second-order valence-electron chi connectivity index (χ2n) is 12.3. The van der Waals surface area contributed by atoms with Crippen LogP contribution in [0.25, 0.3) is 6.08 Å². The summed E-state index contributed by atoms with van der Waals surface area (Å²) in [6, 6.07) is 7.77. The molecule has 0 aromatic heterocycles. The quantitative estimate of drug-likeness (QED) is 0.423. The lowest BCUT2D eigenvalue weighted by molar-refractivity contribution is -0.111. The zero-order valence-electron chi connectivity index (χ0n) is 21.2. The Kier molecular flexibility index (Phi) is 6.49. The molecule has 0 aliphatic heterocycles. The van der Waals surface area contributed by atoms with Gasteiger partial charge in [-0.3, -0.25) is 0 Å². The van der Waals surface area contributed by atoms with Crippen LogP contribution in [-0.4, -0.2) is 13.1 Å². The monoisotopic (exact) mass is 448 g/mol. The molecule has 2 heteroatoms. The third-order valence-electron chi connectivity index (χ3n) is 11.1. The van der Waals surface area contributed by atoms with Crippen LogP contribution in [0.1, 0.15) is 107 Å². The topological polar surface area (TPSA) is 26.3 Å². The smallest absolute Gasteiger partial charge is 0.338 e. The predicted molar refractivity (Wildman–Crippen MR) is 136 cm³/mol. The standard InChI is InChI=1S/C31H44O2/c1-30-20-9-8-13-23(30)15-17-26-27-18-16-24(31(27,2)21-19-28(26)30)12-6-4-10-22-11-5-7-14-25(22)29(32)33-3/h4-5,7,10-11,14,23-24,26-28H,6,8-9,12-13,15-21H2,1-3H3/b10-4+. The lowest BCUT2D eigenvalue weighted by atomic mass is 9.45. The number of ether oxygens (including phenoxy) is 1. The highest BCUT2D eigenvalue weighted by Gasteiger charge is 2.59. The maximum atomic E-state index is 12.0. The molecule has 33 heavy (non-hydrogen) atoms. The Morgan fingerprint density at radius 2 is 1.79 bits per heavy atom. The minimum absolute atomic E-state index is 0.250. The minimum Gasteiger partial charge on any atom is -0.465 e. The summed E-state index contributed by atoms with van der Waals surface area (Å²) >= 11 is 0. The highest BCUT2D eigenvalue weighted by Crippen LogP contribution is 2.67. The normalized spacial score (nSPS) is 40.2. The molecular formula is C31H44O2. The van der Waals surface area contributed by atoms with Gasteiger partial charge in [-0.05, 0) is 116 Å². The number of hydrogen-bond acceptors (Lipinski definition) is 2. The van der Waals surface area contributed by atoms with Crippen LogP contribution in [0.15, 0.2) is 30.3 Å². The maximum Gasteiger partial charge on any atom is 0.338 e. The fraction of sp³-hybridized carbons (Fsp3) is 0.710. The van der Waals surface area contributed by atoms with E-state index in [9.17, 15) is 4.79 Å². The largest absolute Gasteiger partial charge is 0.465 e. The van der Waals surface area contributed by atoms with Crippen molar-refractivity contribution in [2.45, 2.75) is 90.9 Å². The van der Waals surface area contributed by atoms with Gasteiger partial charge in [0, 0.05) is 0 Å². The summed E-state index contributed by atoms with van der Waals surface area (Å²) in [5, 5.41) is 0. The molecule has 7 atom stereocenters. The van der Waals surface area contributed by atoms with Crippen LogP contribution in [0.2, 0.25) is 0 Å². The van der Waals surface area contributed by atoms with Crippen LogP contribution >= 0.6 is 0 Å². The van der Waals surface area contributed by atoms with Crippen molar-refractivity contribution in [1.29, 1.82) is 0 Å². The molecule has 4 saturated carbocycles. The summed E-state index contributed by atoms with van der Waals surface area (Å²) in [6.45, 7) is 5.36. The van der Waals surface area contributed by atoms with E-state index in [0.29, 0.717) is 16.4 Å². The fourth-order valence-corrected chi connectivity index (χ4v) is 9.32. The number of methoxy groups -OCH3 is 1. The van der Waals surface area contributed by atoms with Gasteiger partial charge in [0.1, 0.15) is 0 Å². The third kappa shape index (κ3) is 4.00. The van der Waals surface area contributed by atoms with Crippen molar-refractivity contribution >= 4 is 12.0 Å². The summed E-state index contributed by atoms with van der Waals surface area (Å²) < 4.78 is 4.95. The van der Waals surface area contributed by atoms with Gasteiger partial charge in [-0.2, -0.15) is 0 Å². The molecule has 1 aromatic carbocycles. The van der Waals surface area contributed by atoms with E-state index in [-0.39, 0.29) is 5.97 Å². The predicted octanol–water partition coefficient (Wildman–Crippen LogP) is 8.32. The molecule has 4 aliphatic carbocycles. The number of hydrogen-bond donors (Lipinski definition) is 0. The first-order chi connectivity index (χ1) is 16.0. The first-order valence-electron chi connectivity index (χ1n) is 13.8. The Morgan fingerprint density at radius 1 is 0.970 bits per heavy atom. The summed E-state index contributed by atoms with van der Waals surface area (Å²) in [6.07, 6.45) is 21.7. The van der Waals surface area contributed by atoms with Crippen LogP contribution in [0, 0.1) is 40.4 Å². The Balaban J connectivity index is 1.23. The molecule has 0 saturated heterocycles. The Labute approximate surface area is 201 Å². The van der Waals surface area contributed by atoms with Crippen molar-refractivity contribution < 1.29 is 9.53 Å². The number of carbonyl (C=O) groups is 1. The van der Waals surface area contributed by atoms with Crippen LogP contribution < -0.4 is 0 Å². The molecule has 4 fully saturated rings. The van der Waals surface area contributed by atoms with Gasteiger partial charge in [0.05, 0.1) is 12.7 Å². The molecule has 5 rings (SSSR count). The molecule has 180 valence electrons. The number of rotatable bonds is 5. The fourth-order valence-electron chi connectivity index (χ4n) is 9.32. The van der Waals surface area contributed by atoms with E-state index in [1.165, 1.54) is 77.7 Å². The first kappa shape index (κ1) is 23.2. The van der Waals surface area contributed by atoms with E-state index >= 15 is 0 Å². The molecule has 0 spiro atoms. The van der Waals surface area contributed by atoms with Crippen molar-refractivity contribution in [2.75, 3.05) is 7.11 Å². The number of esters is 1. The van der Waals surface area contributed by atoms with Gasteiger partial charge < -0.3 is 4.74 Å². The Hall–Kier alpha value is -1.57. The number of carbonyl (C=O) groups excluding carboxylic acids is 1. The molecule has 7 unspecified atom stereocenters. The summed E-state index contributed by atoms with van der Waals surface area (Å²) in [4.78, 5) is 12.0. The van der Waals surface area contributed by atoms with Crippen LogP contribution in [0.5, 0.6) is 0 Å². The highest BCUT2D eigenvalue weighted by atomic mass is 16.5. The molecule has 0 radical (unpaired) electrons. The lowest BCUT2D eigenvalue weighted by Gasteiger charge is -2.60. The molecule has 1 aromatic rings. The highest BCUT2D eigenvalue weighted by molar-refractivity contribution is 5.93. The van der Waals surface area contributed by atoms with E-state index in [4.69, 9.17) is 4.74 Å². The van der Waals surface area contributed by atoms with Gasteiger partial charge in [-0.15, -0.1) is 0 Å². The summed E-state index contributed by atoms with van der Waals surface area (Å²) in [7, 11) is 1.45. The van der Waals surface area contributed by atoms with Crippen molar-refractivity contribution in [3.05, 3.63) is 41.5 Å². The first-order valence-corrected chi connectivity index (χ1v) is 13.8. The van der Waals surface area contributed by atoms with Crippen molar-refractivity contribution in [2.24, 2.45) is 40.4 Å². The number of benzene rings is 1. The second kappa shape index (κ2) is 9.23. The molecular weight excluding hydrogens is 404 g/mol. The molecule has 0 bridgehead atoms. The second-order valence-corrected chi connectivity index (χ2v) is 12.3.